The summed E-state index contributed by atoms with van der Waals surface area (Å²) in [6.07, 6.45) is 5.51. The number of hydrogen-bond acceptors (Lipinski definition) is 0. The van der Waals surface area contributed by atoms with Crippen LogP contribution >= 0.6 is 59.6 Å². The maximum absolute atomic E-state index is 7.06. The molecule has 0 atom stereocenters. The number of halogens is 5. The second-order valence-corrected chi connectivity index (χ2v) is 25.5. The van der Waals surface area contributed by atoms with Crippen molar-refractivity contribution in [2.45, 2.75) is 62.5 Å². The van der Waals surface area contributed by atoms with Crippen LogP contribution in [0.5, 0.6) is 0 Å². The third-order valence-corrected chi connectivity index (χ3v) is 23.7. The van der Waals surface area contributed by atoms with Crippen LogP contribution in [-0.4, -0.2) is 3.26 Å². The number of allylic oxidation sites excluding steroid dienone is 4. The first-order chi connectivity index (χ1) is 23.3. The van der Waals surface area contributed by atoms with Gasteiger partial charge in [-0.15, -0.1) is 24.8 Å². The van der Waals surface area contributed by atoms with E-state index in [1.54, 1.807) is 3.33 Å². The Morgan fingerprint density at radius 2 is 1.06 bits per heavy atom. The van der Waals surface area contributed by atoms with Gasteiger partial charge in [0, 0.05) is 0 Å². The molecule has 2 aliphatic rings. The number of hydrogen-bond donors (Lipinski definition) is 0. The smallest absolute Gasteiger partial charge is 0.147 e. The van der Waals surface area contributed by atoms with Gasteiger partial charge in [0.15, 0.2) is 0 Å². The first kappa shape index (κ1) is 40.0. The second kappa shape index (κ2) is 15.6. The van der Waals surface area contributed by atoms with E-state index >= 15 is 0 Å². The summed E-state index contributed by atoms with van der Waals surface area (Å²) in [4.78, 5) is 0. The van der Waals surface area contributed by atoms with E-state index in [2.05, 4.69) is 157 Å². The Hall–Kier alpha value is -2.23. The van der Waals surface area contributed by atoms with E-state index in [1.807, 2.05) is 6.07 Å². The molecule has 0 radical (unpaired) electrons. The van der Waals surface area contributed by atoms with Gasteiger partial charge in [-0.1, -0.05) is 0 Å². The Morgan fingerprint density at radius 1 is 0.588 bits per heavy atom. The zero-order valence-electron chi connectivity index (χ0n) is 29.8. The molecule has 0 amide bonds. The van der Waals surface area contributed by atoms with Gasteiger partial charge < -0.3 is 0 Å². The molecule has 0 fully saturated rings. The molecule has 0 aromatic heterocycles. The Balaban J connectivity index is 0.00000252. The summed E-state index contributed by atoms with van der Waals surface area (Å²) in [6.45, 7) is 13.9. The third-order valence-electron chi connectivity index (χ3n) is 10.0. The first-order valence-corrected chi connectivity index (χ1v) is 23.8. The maximum Gasteiger partial charge on any atom is -0.147 e. The topological polar surface area (TPSA) is 0 Å². The standard InChI is InChI=1S/C21H25.C13H10.C11H6Cl3.2ClH.Hf/c1-20(2,3)16-7-9-18-14(12-16)11-15-13-17(21(4,5)6)8-10-19(15)18;1-3-7-12(8-4-1)11-13-9-5-2-6-10-13;12-9-6-5-8(10(13)11(9)14)7-3-1-2-4-7;;;/h7-13H,1-6H3;1-10H;1,3,5-6H,2H2;2*1H;. The summed E-state index contributed by atoms with van der Waals surface area (Å²) < 4.78 is 3.32. The van der Waals surface area contributed by atoms with Crippen molar-refractivity contribution in [3.8, 4) is 11.1 Å². The molecule has 0 N–H and O–H groups in total. The molecule has 0 nitrogen and oxygen atoms in total. The zero-order valence-corrected chi connectivity index (χ0v) is 37.3. The van der Waals surface area contributed by atoms with Gasteiger partial charge in [0.1, 0.15) is 0 Å². The second-order valence-electron chi connectivity index (χ2n) is 15.3. The van der Waals surface area contributed by atoms with Crippen molar-refractivity contribution in [3.63, 3.8) is 0 Å². The van der Waals surface area contributed by atoms with Gasteiger partial charge in [-0.25, -0.2) is 0 Å². The Morgan fingerprint density at radius 3 is 1.53 bits per heavy atom. The van der Waals surface area contributed by atoms with Gasteiger partial charge in [0.2, 0.25) is 0 Å². The van der Waals surface area contributed by atoms with Crippen molar-refractivity contribution in [1.82, 2.24) is 0 Å². The van der Waals surface area contributed by atoms with Gasteiger partial charge in [-0.05, 0) is 0 Å². The molecule has 0 heterocycles. The molecule has 7 rings (SSSR count). The molecule has 0 saturated carbocycles. The van der Waals surface area contributed by atoms with Crippen molar-refractivity contribution in [3.05, 3.63) is 179 Å². The predicted octanol–water partition coefficient (Wildman–Crippen LogP) is 14.4. The van der Waals surface area contributed by atoms with E-state index in [4.69, 9.17) is 34.8 Å². The molecule has 0 spiro atoms. The normalized spacial score (nSPS) is 13.7. The van der Waals surface area contributed by atoms with Crippen LogP contribution in [0.25, 0.3) is 16.7 Å². The Kier molecular flexibility index (Phi) is 12.2. The van der Waals surface area contributed by atoms with Gasteiger partial charge in [0.25, 0.3) is 0 Å². The molecule has 0 aliphatic heterocycles. The Labute approximate surface area is 338 Å². The van der Waals surface area contributed by atoms with Gasteiger partial charge in [0.05, 0.1) is 0 Å². The van der Waals surface area contributed by atoms with E-state index in [0.717, 1.165) is 12.0 Å². The average molecular weight is 940 g/mol. The molecule has 262 valence electrons. The fourth-order valence-electron chi connectivity index (χ4n) is 7.41. The minimum absolute atomic E-state index is 0. The minimum atomic E-state index is -3.37. The molecule has 5 aromatic rings. The third kappa shape index (κ3) is 7.60. The molecule has 0 unspecified atom stereocenters. The largest absolute Gasteiger partial charge is 0.147 e. The van der Waals surface area contributed by atoms with Crippen LogP contribution in [-0.2, 0) is 31.8 Å². The molecule has 6 heteroatoms. The minimum Gasteiger partial charge on any atom is -0.147 e. The van der Waals surface area contributed by atoms with E-state index < -0.39 is 21.0 Å². The SMILES string of the molecule is CC(C)(C)c1ccc2c(c1)[CH]([Hf]([C]1=C(c3ccc(Cl)c(Cl)c3Cl)C=CC1)=[C](c1ccccc1)c1ccccc1)c1cc(C(C)(C)C)ccc1-2.Cl.Cl. The molecule has 0 saturated heterocycles. The van der Waals surface area contributed by atoms with Crippen molar-refractivity contribution in [1.29, 1.82) is 0 Å². The van der Waals surface area contributed by atoms with Crippen molar-refractivity contribution in [2.75, 3.05) is 0 Å². The van der Waals surface area contributed by atoms with E-state index in [9.17, 15) is 0 Å². The van der Waals surface area contributed by atoms with Crippen LogP contribution in [0, 0.1) is 0 Å². The van der Waals surface area contributed by atoms with Crippen molar-refractivity contribution < 1.29 is 21.0 Å². The summed E-state index contributed by atoms with van der Waals surface area (Å²) in [5.74, 6) is 0. The monoisotopic (exact) mass is 938 g/mol. The van der Waals surface area contributed by atoms with Crippen LogP contribution in [0.4, 0.5) is 0 Å². The summed E-state index contributed by atoms with van der Waals surface area (Å²) in [6, 6.07) is 40.8. The van der Waals surface area contributed by atoms with E-state index in [0.29, 0.717) is 15.1 Å². The Bertz CT molecular complexity index is 2080. The maximum atomic E-state index is 7.06. The van der Waals surface area contributed by atoms with E-state index in [1.165, 1.54) is 53.3 Å². The fourth-order valence-corrected chi connectivity index (χ4v) is 21.8. The van der Waals surface area contributed by atoms with Crippen molar-refractivity contribution in [2.24, 2.45) is 0 Å². The first-order valence-electron chi connectivity index (χ1n) is 17.0. The van der Waals surface area contributed by atoms with Crippen LogP contribution < -0.4 is 0 Å². The number of benzene rings is 5. The van der Waals surface area contributed by atoms with Crippen LogP contribution in [0.1, 0.15) is 90.6 Å². The summed E-state index contributed by atoms with van der Waals surface area (Å²) in [5, 5.41) is 1.41. The summed E-state index contributed by atoms with van der Waals surface area (Å²) >= 11 is 16.9. The van der Waals surface area contributed by atoms with Crippen LogP contribution in [0.3, 0.4) is 0 Å². The number of fused-ring (bicyclic) bond motifs is 3. The zero-order chi connectivity index (χ0) is 34.7. The summed E-state index contributed by atoms with van der Waals surface area (Å²) in [7, 11) is 0. The quantitative estimate of drug-likeness (QED) is 0.122. The van der Waals surface area contributed by atoms with E-state index in [-0.39, 0.29) is 39.3 Å². The summed E-state index contributed by atoms with van der Waals surface area (Å²) in [5.41, 5.74) is 13.3. The molecule has 51 heavy (non-hydrogen) atoms. The predicted molar refractivity (Wildman–Crippen MR) is 224 cm³/mol. The fraction of sp³-hybridized carbons (Fsp3) is 0.222. The van der Waals surface area contributed by atoms with Gasteiger partial charge in [-0.2, -0.15) is 0 Å². The van der Waals surface area contributed by atoms with Gasteiger partial charge in [-0.3, -0.25) is 0 Å². The number of rotatable bonds is 5. The molecular weight excluding hydrogens is 896 g/mol. The molecule has 5 aromatic carbocycles. The molecule has 0 bridgehead atoms. The van der Waals surface area contributed by atoms with Gasteiger partial charge >= 0.3 is 317 Å². The average Bonchev–Trinajstić information content (AvgIpc) is 3.68. The van der Waals surface area contributed by atoms with Crippen LogP contribution in [0.2, 0.25) is 15.1 Å². The molecule has 2 aliphatic carbocycles. The molecular formula is C45H43Cl5Hf. The van der Waals surface area contributed by atoms with Crippen molar-refractivity contribution >= 4 is 68.4 Å². The van der Waals surface area contributed by atoms with Crippen LogP contribution in [0.15, 0.2) is 125 Å².